The van der Waals surface area contributed by atoms with E-state index in [9.17, 15) is 4.11 Å². The van der Waals surface area contributed by atoms with Crippen LogP contribution in [-0.2, 0) is 12.8 Å². The van der Waals surface area contributed by atoms with Gasteiger partial charge in [0.1, 0.15) is 11.2 Å². The van der Waals surface area contributed by atoms with Crippen LogP contribution in [0.4, 0.5) is 0 Å². The maximum Gasteiger partial charge on any atom is 0.136 e. The highest BCUT2D eigenvalue weighted by atomic mass is 16.3. The molecule has 0 bridgehead atoms. The minimum Gasteiger partial charge on any atom is -0.456 e. The zero-order valence-electron chi connectivity index (χ0n) is 41.7. The fraction of sp³-hybridized carbons (Fsp3) is 0.0435. The fourth-order valence-corrected chi connectivity index (χ4v) is 6.21. The Bertz CT molecular complexity index is 3420. The molecule has 0 saturated heterocycles. The molecule has 222 valence electrons. The van der Waals surface area contributed by atoms with Gasteiger partial charge in [0.05, 0.1) is 23.3 Å². The summed E-state index contributed by atoms with van der Waals surface area (Å²) in [5.41, 5.74) is 2.48. The SMILES string of the molecule is [2H]c1c([2H])c([2H])c(Cc2c3c([2H])c([2H])c([2H])c([2H])c3c(Cc3c([2H])c([2H])c([2H])c(-c4ccc5c(c4)oc4cc(-c6ccccc6)ccc45)c3[2H])c3c([2H])c([2H])c([2H])c([2H])c23)c([2H])c1[2H]. The van der Waals surface area contributed by atoms with Crippen LogP contribution >= 0.6 is 0 Å². The lowest BCUT2D eigenvalue weighted by Gasteiger charge is -2.17. The second-order valence-electron chi connectivity index (χ2n) is 11.2. The molecule has 0 unspecified atom stereocenters. The maximum atomic E-state index is 9.56. The number of hydrogen-bond donors (Lipinski definition) is 0. The minimum absolute atomic E-state index is 0.0430. The van der Waals surface area contributed by atoms with Gasteiger partial charge in [0.25, 0.3) is 0 Å². The van der Waals surface area contributed by atoms with Crippen molar-refractivity contribution in [1.29, 1.82) is 0 Å². The number of hydrogen-bond acceptors (Lipinski definition) is 1. The van der Waals surface area contributed by atoms with Crippen molar-refractivity contribution in [1.82, 2.24) is 0 Å². The Balaban J connectivity index is 1.32. The van der Waals surface area contributed by atoms with Crippen molar-refractivity contribution in [2.45, 2.75) is 12.8 Å². The number of fused-ring (bicyclic) bond motifs is 5. The number of benzene rings is 8. The van der Waals surface area contributed by atoms with Crippen molar-refractivity contribution in [3.05, 3.63) is 192 Å². The molecule has 9 aromatic rings. The van der Waals surface area contributed by atoms with Crippen LogP contribution in [0.25, 0.3) is 65.7 Å². The largest absolute Gasteiger partial charge is 0.456 e. The standard InChI is InChI=1S/C46H32O/c1-3-12-31(13-4-1)27-43-37-18-7-9-20-39(37)44(40-21-10-8-19-38(40)43)28-32-14-11-17-34(26-32)36-23-25-42-41-24-22-35(33-15-5-2-6-16-33)29-45(41)47-46(42)30-36/h1-26,29-30H,27-28H2/i1D,3D,4D,7D,8D,9D,10D,11D,12D,13D,14D,17D,18D,19D,20D,21D,26D. The number of furan rings is 1. The monoisotopic (exact) mass is 617 g/mol. The molecule has 0 saturated carbocycles. The van der Waals surface area contributed by atoms with E-state index >= 15 is 0 Å². The molecule has 0 radical (unpaired) electrons. The van der Waals surface area contributed by atoms with E-state index in [0.29, 0.717) is 16.7 Å². The summed E-state index contributed by atoms with van der Waals surface area (Å²) in [5, 5.41) is 0.585. The Hall–Kier alpha value is -5.92. The third kappa shape index (κ3) is 4.98. The van der Waals surface area contributed by atoms with Crippen LogP contribution in [0, 0.1) is 0 Å². The van der Waals surface area contributed by atoms with E-state index in [1.165, 1.54) is 0 Å². The summed E-state index contributed by atoms with van der Waals surface area (Å²) in [6.07, 6.45) is -1.18. The quantitative estimate of drug-likeness (QED) is 0.169. The van der Waals surface area contributed by atoms with Crippen LogP contribution < -0.4 is 0 Å². The minimum atomic E-state index is -0.708. The molecular formula is C46H32O. The molecule has 1 nitrogen and oxygen atoms in total. The summed E-state index contributed by atoms with van der Waals surface area (Å²) >= 11 is 0. The summed E-state index contributed by atoms with van der Waals surface area (Å²) in [6.45, 7) is 0. The van der Waals surface area contributed by atoms with Crippen molar-refractivity contribution < 1.29 is 27.7 Å². The second kappa shape index (κ2) is 11.5. The first-order valence-electron chi connectivity index (χ1n) is 23.5. The molecule has 1 aromatic heterocycles. The van der Waals surface area contributed by atoms with Gasteiger partial charge in [0.15, 0.2) is 0 Å². The second-order valence-corrected chi connectivity index (χ2v) is 11.2. The lowest BCUT2D eigenvalue weighted by atomic mass is 9.86. The van der Waals surface area contributed by atoms with E-state index < -0.39 is 110 Å². The molecule has 0 amide bonds. The van der Waals surface area contributed by atoms with E-state index in [1.54, 1.807) is 18.2 Å². The van der Waals surface area contributed by atoms with Crippen LogP contribution in [0.3, 0.4) is 0 Å². The first kappa shape index (κ1) is 15.1. The predicted molar refractivity (Wildman–Crippen MR) is 198 cm³/mol. The zero-order chi connectivity index (χ0) is 46.0. The van der Waals surface area contributed by atoms with Gasteiger partial charge in [-0.3, -0.25) is 0 Å². The summed E-state index contributed by atoms with van der Waals surface area (Å²) in [4.78, 5) is 0. The summed E-state index contributed by atoms with van der Waals surface area (Å²) in [6, 6.07) is 10.1. The lowest BCUT2D eigenvalue weighted by molar-refractivity contribution is 0.669. The summed E-state index contributed by atoms with van der Waals surface area (Å²) in [7, 11) is 0. The van der Waals surface area contributed by atoms with E-state index in [0.717, 1.165) is 21.9 Å². The van der Waals surface area contributed by atoms with Crippen LogP contribution in [-0.4, -0.2) is 0 Å². The van der Waals surface area contributed by atoms with E-state index in [-0.39, 0.29) is 55.4 Å². The Kier molecular flexibility index (Phi) is 3.69. The summed E-state index contributed by atoms with van der Waals surface area (Å²) in [5.74, 6) is 0. The molecule has 0 N–H and O–H groups in total. The van der Waals surface area contributed by atoms with Crippen molar-refractivity contribution in [3.8, 4) is 22.3 Å². The fourth-order valence-electron chi connectivity index (χ4n) is 6.21. The van der Waals surface area contributed by atoms with Gasteiger partial charge in [-0.15, -0.1) is 0 Å². The molecule has 0 spiro atoms. The Morgan fingerprint density at radius 3 is 1.51 bits per heavy atom. The summed E-state index contributed by atoms with van der Waals surface area (Å²) < 4.78 is 156. The van der Waals surface area contributed by atoms with Gasteiger partial charge in [-0.05, 0) is 103 Å². The molecule has 47 heavy (non-hydrogen) atoms. The highest BCUT2D eigenvalue weighted by molar-refractivity contribution is 6.08. The molecule has 0 fully saturated rings. The molecule has 1 heterocycles. The first-order chi connectivity index (χ1) is 30.3. The average molecular weight is 618 g/mol. The van der Waals surface area contributed by atoms with Crippen LogP contribution in [0.15, 0.2) is 174 Å². The van der Waals surface area contributed by atoms with Gasteiger partial charge in [-0.25, -0.2) is 0 Å². The Morgan fingerprint density at radius 2 is 0.915 bits per heavy atom. The average Bonchev–Trinajstić information content (AvgIpc) is 3.66. The van der Waals surface area contributed by atoms with Crippen molar-refractivity contribution in [3.63, 3.8) is 0 Å². The van der Waals surface area contributed by atoms with Gasteiger partial charge in [0.2, 0.25) is 0 Å². The van der Waals surface area contributed by atoms with Gasteiger partial charge in [-0.2, -0.15) is 0 Å². The molecule has 0 aliphatic heterocycles. The molecular weight excluding hydrogens is 569 g/mol. The van der Waals surface area contributed by atoms with Crippen LogP contribution in [0.1, 0.15) is 45.6 Å². The topological polar surface area (TPSA) is 13.1 Å². The highest BCUT2D eigenvalue weighted by Crippen LogP contribution is 2.37. The molecule has 0 aliphatic rings. The van der Waals surface area contributed by atoms with E-state index in [4.69, 9.17) is 23.6 Å². The Morgan fingerprint density at radius 1 is 0.404 bits per heavy atom. The van der Waals surface area contributed by atoms with Gasteiger partial charge >= 0.3 is 0 Å². The molecule has 0 aliphatic carbocycles. The Labute approximate surface area is 298 Å². The maximum absolute atomic E-state index is 9.56. The molecule has 8 aromatic carbocycles. The number of rotatable bonds is 6. The molecule has 1 heteroatoms. The molecule has 0 atom stereocenters. The van der Waals surface area contributed by atoms with E-state index in [1.807, 2.05) is 48.5 Å². The zero-order valence-corrected chi connectivity index (χ0v) is 24.7. The predicted octanol–water partition coefficient (Wildman–Crippen LogP) is 12.4. The van der Waals surface area contributed by atoms with E-state index in [2.05, 4.69) is 0 Å². The lowest BCUT2D eigenvalue weighted by Crippen LogP contribution is -1.98. The van der Waals surface area contributed by atoms with Gasteiger partial charge < -0.3 is 4.42 Å². The van der Waals surface area contributed by atoms with Gasteiger partial charge in [-0.1, -0.05) is 145 Å². The molecule has 9 rings (SSSR count). The van der Waals surface area contributed by atoms with Crippen LogP contribution in [0.2, 0.25) is 0 Å². The van der Waals surface area contributed by atoms with Crippen molar-refractivity contribution >= 4 is 43.5 Å². The van der Waals surface area contributed by atoms with Crippen LogP contribution in [0.5, 0.6) is 0 Å². The smallest absolute Gasteiger partial charge is 0.136 e. The third-order valence-corrected chi connectivity index (χ3v) is 8.39. The van der Waals surface area contributed by atoms with Crippen molar-refractivity contribution in [2.75, 3.05) is 0 Å². The third-order valence-electron chi connectivity index (χ3n) is 8.39. The highest BCUT2D eigenvalue weighted by Gasteiger charge is 2.15. The van der Waals surface area contributed by atoms with Crippen molar-refractivity contribution in [2.24, 2.45) is 0 Å². The first-order valence-corrected chi connectivity index (χ1v) is 15.0. The van der Waals surface area contributed by atoms with Gasteiger partial charge in [0, 0.05) is 10.8 Å². The normalized spacial score (nSPS) is 16.6.